The molecule has 4 heterocycles. The lowest BCUT2D eigenvalue weighted by atomic mass is 9.47. The molecule has 0 amide bonds. The third-order valence-corrected chi connectivity index (χ3v) is 14.6. The summed E-state index contributed by atoms with van der Waals surface area (Å²) in [5.74, 6) is 0.870. The molecule has 0 radical (unpaired) electrons. The zero-order valence-electron chi connectivity index (χ0n) is 41.2. The Bertz CT molecular complexity index is 3550. The molecule has 0 saturated heterocycles. The Labute approximate surface area is 407 Å². The predicted octanol–water partition coefficient (Wildman–Crippen LogP) is 16.5. The van der Waals surface area contributed by atoms with Crippen molar-refractivity contribution in [2.24, 2.45) is 0 Å². The minimum atomic E-state index is -0.297. The van der Waals surface area contributed by atoms with E-state index in [2.05, 4.69) is 265 Å². The first-order valence-corrected chi connectivity index (χ1v) is 24.6. The van der Waals surface area contributed by atoms with Crippen LogP contribution >= 0.6 is 0 Å². The maximum atomic E-state index is 7.74. The summed E-state index contributed by atoms with van der Waals surface area (Å²) in [5.41, 5.74) is 20.7. The van der Waals surface area contributed by atoms with Crippen LogP contribution in [0.1, 0.15) is 79.0 Å². The fourth-order valence-electron chi connectivity index (χ4n) is 11.0. The third-order valence-electron chi connectivity index (χ3n) is 14.6. The van der Waals surface area contributed by atoms with Gasteiger partial charge in [0.25, 0.3) is 0 Å². The average Bonchev–Trinajstić information content (AvgIpc) is 3.91. The Kier molecular flexibility index (Phi) is 9.63. The number of para-hydroxylation sites is 2. The Morgan fingerprint density at radius 1 is 0.493 bits per heavy atom. The molecule has 10 aromatic rings. The van der Waals surface area contributed by atoms with Crippen molar-refractivity contribution < 1.29 is 4.42 Å². The molecule has 12 rings (SSSR count). The van der Waals surface area contributed by atoms with E-state index in [0.717, 1.165) is 56.5 Å². The van der Waals surface area contributed by atoms with E-state index in [4.69, 9.17) is 4.42 Å². The zero-order chi connectivity index (χ0) is 47.6. The van der Waals surface area contributed by atoms with E-state index < -0.39 is 0 Å². The van der Waals surface area contributed by atoms with E-state index in [9.17, 15) is 0 Å². The number of benzene rings is 8. The molecule has 0 atom stereocenters. The third kappa shape index (κ3) is 6.80. The lowest BCUT2D eigenvalue weighted by molar-refractivity contribution is 0.589. The van der Waals surface area contributed by atoms with Gasteiger partial charge in [0.15, 0.2) is 0 Å². The maximum Gasteiger partial charge on any atom is 0.375 e. The van der Waals surface area contributed by atoms with Crippen LogP contribution in [0.2, 0.25) is 0 Å². The quantitative estimate of drug-likeness (QED) is 0.155. The largest absolute Gasteiger partial charge is 0.465 e. The molecule has 2 aromatic heterocycles. The van der Waals surface area contributed by atoms with E-state index in [1.54, 1.807) is 0 Å². The van der Waals surface area contributed by atoms with Gasteiger partial charge in [0.05, 0.1) is 16.9 Å². The van der Waals surface area contributed by atoms with Crippen LogP contribution in [0.3, 0.4) is 0 Å². The van der Waals surface area contributed by atoms with Crippen LogP contribution in [-0.2, 0) is 16.2 Å². The Morgan fingerprint density at radius 2 is 1.03 bits per heavy atom. The number of furan rings is 1. The lowest BCUT2D eigenvalue weighted by Crippen LogP contribution is -2.56. The number of nitrogens with zero attached hydrogens (tertiary/aromatic N) is 3. The SMILES string of the molecule is CC(C)(C)c1ccc(N2c3cc(C(C)(C)C)cc4c3B(c3oc(-c5ccccc5)c(-c5ccccc5)c32)n2c3cccc(N(c5ccccc5)c5ccccc5)c3c3cc(C(C)(C)C)cc-4c32)cc1. The minimum absolute atomic E-state index is 0.00189. The van der Waals surface area contributed by atoms with Gasteiger partial charge in [-0.1, -0.05) is 184 Å². The fourth-order valence-corrected chi connectivity index (χ4v) is 11.0. The normalized spacial score (nSPS) is 13.2. The van der Waals surface area contributed by atoms with Crippen LogP contribution in [0.25, 0.3) is 55.4 Å². The second-order valence-corrected chi connectivity index (χ2v) is 22.2. The van der Waals surface area contributed by atoms with Crippen LogP contribution < -0.4 is 20.9 Å². The summed E-state index contributed by atoms with van der Waals surface area (Å²) < 4.78 is 10.4. The van der Waals surface area contributed by atoms with Crippen LogP contribution in [0.5, 0.6) is 0 Å². The van der Waals surface area contributed by atoms with Gasteiger partial charge in [-0.3, -0.25) is 0 Å². The zero-order valence-corrected chi connectivity index (χ0v) is 41.2. The standard InChI is InChI=1S/C64H58BN3O/c1-62(2,3)43-33-35-48(36-34-43)67-54-40-45(64(7,8)9)37-49-50-38-44(63(4,5)6)39-51-56-52(66(46-27-18-12-19-28-46)47-29-20-13-21-30-47)31-22-32-53(56)68(58(50)51)65(57(49)54)61-59(67)55(41-23-14-10-15-24-41)60(69-61)42-25-16-11-17-26-42/h10-40H,1-9H3. The fraction of sp³-hybridized carbons (Fsp3) is 0.188. The molecule has 0 bridgehead atoms. The molecule has 5 heteroatoms. The van der Waals surface area contributed by atoms with Crippen molar-refractivity contribution in [1.29, 1.82) is 0 Å². The van der Waals surface area contributed by atoms with E-state index in [-0.39, 0.29) is 23.1 Å². The summed E-state index contributed by atoms with van der Waals surface area (Å²) in [6.07, 6.45) is 0. The molecule has 0 N–H and O–H groups in total. The minimum Gasteiger partial charge on any atom is -0.465 e. The van der Waals surface area contributed by atoms with Gasteiger partial charge in [-0.15, -0.1) is 0 Å². The van der Waals surface area contributed by atoms with Crippen LogP contribution in [0.4, 0.5) is 34.1 Å². The van der Waals surface area contributed by atoms with Crippen molar-refractivity contribution in [1.82, 2.24) is 4.48 Å². The highest BCUT2D eigenvalue weighted by Gasteiger charge is 2.48. The number of hydrogen-bond acceptors (Lipinski definition) is 3. The molecule has 0 unspecified atom stereocenters. The van der Waals surface area contributed by atoms with Crippen LogP contribution in [0, 0.1) is 0 Å². The van der Waals surface area contributed by atoms with Gasteiger partial charge in [0.2, 0.25) is 0 Å². The molecule has 0 saturated carbocycles. The van der Waals surface area contributed by atoms with E-state index in [1.807, 2.05) is 0 Å². The Hall–Kier alpha value is -7.50. The van der Waals surface area contributed by atoms with Crippen molar-refractivity contribution in [3.63, 3.8) is 0 Å². The van der Waals surface area contributed by atoms with Crippen molar-refractivity contribution in [2.45, 2.75) is 78.6 Å². The second-order valence-electron chi connectivity index (χ2n) is 22.2. The summed E-state index contributed by atoms with van der Waals surface area (Å²) in [6, 6.07) is 69.5. The predicted molar refractivity (Wildman–Crippen MR) is 294 cm³/mol. The van der Waals surface area contributed by atoms with E-state index >= 15 is 0 Å². The Morgan fingerprint density at radius 3 is 1.61 bits per heavy atom. The summed E-state index contributed by atoms with van der Waals surface area (Å²) in [7, 11) is 0. The number of fused-ring (bicyclic) bond motifs is 7. The highest BCUT2D eigenvalue weighted by atomic mass is 16.3. The van der Waals surface area contributed by atoms with Crippen LogP contribution in [0.15, 0.2) is 192 Å². The van der Waals surface area contributed by atoms with Crippen molar-refractivity contribution in [2.75, 3.05) is 9.80 Å². The van der Waals surface area contributed by atoms with E-state index in [1.165, 1.54) is 60.8 Å². The lowest BCUT2D eigenvalue weighted by Gasteiger charge is -2.40. The molecule has 338 valence electrons. The van der Waals surface area contributed by atoms with Gasteiger partial charge < -0.3 is 18.7 Å². The molecular weight excluding hydrogens is 838 g/mol. The monoisotopic (exact) mass is 895 g/mol. The maximum absolute atomic E-state index is 7.74. The van der Waals surface area contributed by atoms with Gasteiger partial charge in [-0.05, 0) is 116 Å². The van der Waals surface area contributed by atoms with Gasteiger partial charge >= 0.3 is 6.85 Å². The van der Waals surface area contributed by atoms with Crippen molar-refractivity contribution in [3.05, 3.63) is 205 Å². The topological polar surface area (TPSA) is 24.6 Å². The average molecular weight is 896 g/mol. The van der Waals surface area contributed by atoms with Crippen molar-refractivity contribution in [3.8, 4) is 33.6 Å². The van der Waals surface area contributed by atoms with Gasteiger partial charge in [0.1, 0.15) is 11.4 Å². The first-order chi connectivity index (χ1) is 33.2. The van der Waals surface area contributed by atoms with E-state index in [0.29, 0.717) is 0 Å². The molecule has 0 spiro atoms. The molecule has 2 aliphatic rings. The first-order valence-electron chi connectivity index (χ1n) is 24.6. The van der Waals surface area contributed by atoms with Crippen LogP contribution in [-0.4, -0.2) is 11.3 Å². The second kappa shape index (κ2) is 15.5. The molecule has 69 heavy (non-hydrogen) atoms. The molecule has 0 aliphatic carbocycles. The summed E-state index contributed by atoms with van der Waals surface area (Å²) in [5, 5.41) is 2.46. The number of hydrogen-bond donors (Lipinski definition) is 0. The smallest absolute Gasteiger partial charge is 0.375 e. The van der Waals surface area contributed by atoms with Gasteiger partial charge in [-0.25, -0.2) is 0 Å². The summed E-state index contributed by atoms with van der Waals surface area (Å²) in [4.78, 5) is 4.98. The van der Waals surface area contributed by atoms with Gasteiger partial charge in [0, 0.05) is 55.7 Å². The molecule has 8 aromatic carbocycles. The first kappa shape index (κ1) is 42.8. The highest BCUT2D eigenvalue weighted by Crippen LogP contribution is 2.54. The highest BCUT2D eigenvalue weighted by molar-refractivity contribution is 6.89. The van der Waals surface area contributed by atoms with Gasteiger partial charge in [-0.2, -0.15) is 0 Å². The Balaban J connectivity index is 1.28. The number of rotatable bonds is 6. The summed E-state index contributed by atoms with van der Waals surface area (Å²) >= 11 is 0. The number of aromatic nitrogens is 1. The summed E-state index contributed by atoms with van der Waals surface area (Å²) in [6.45, 7) is 20.7. The molecular formula is C64H58BN3O. The van der Waals surface area contributed by atoms with Crippen molar-refractivity contribution >= 4 is 73.9 Å². The number of anilines is 6. The molecule has 4 nitrogen and oxygen atoms in total. The molecule has 2 aliphatic heterocycles. The molecule has 0 fully saturated rings.